The highest BCUT2D eigenvalue weighted by Crippen LogP contribution is 2.28. The van der Waals surface area contributed by atoms with Crippen LogP contribution in [0.4, 0.5) is 0 Å². The Labute approximate surface area is 179 Å². The minimum atomic E-state index is -0.310. The Morgan fingerprint density at radius 1 is 1.00 bits per heavy atom. The number of fused-ring (bicyclic) bond motifs is 1. The molecular weight excluding hydrogens is 398 g/mol. The van der Waals surface area contributed by atoms with Gasteiger partial charge in [-0.25, -0.2) is 0 Å². The number of benzene rings is 2. The molecule has 0 unspecified atom stereocenters. The fourth-order valence-electron chi connectivity index (χ4n) is 3.12. The predicted octanol–water partition coefficient (Wildman–Crippen LogP) is 2.93. The molecule has 0 radical (unpaired) electrons. The van der Waals surface area contributed by atoms with E-state index in [1.807, 2.05) is 24.3 Å². The number of rotatable bonds is 9. The summed E-state index contributed by atoms with van der Waals surface area (Å²) >= 11 is 0. The number of ether oxygens (including phenoxy) is 2. The maximum Gasteiger partial charge on any atom is 0.242 e. The third-order valence-corrected chi connectivity index (χ3v) is 4.74. The number of Topliss-reactive ketones (excluding diaryl/α,β-unsaturated/α-hetero) is 1. The van der Waals surface area contributed by atoms with Crippen molar-refractivity contribution in [2.75, 3.05) is 13.7 Å². The van der Waals surface area contributed by atoms with E-state index in [0.29, 0.717) is 23.5 Å². The lowest BCUT2D eigenvalue weighted by atomic mass is 10.1. The second-order valence-corrected chi connectivity index (χ2v) is 7.01. The first-order valence-electron chi connectivity index (χ1n) is 9.92. The van der Waals surface area contributed by atoms with Crippen molar-refractivity contribution in [1.29, 1.82) is 0 Å². The zero-order chi connectivity index (χ0) is 22.2. The summed E-state index contributed by atoms with van der Waals surface area (Å²) < 4.78 is 10.9. The first kappa shape index (κ1) is 21.9. The molecule has 8 nitrogen and oxygen atoms in total. The Morgan fingerprint density at radius 2 is 1.77 bits per heavy atom. The number of aromatic nitrogens is 1. The number of methoxy groups -OCH3 is 1. The zero-order valence-corrected chi connectivity index (χ0v) is 17.5. The molecule has 0 fully saturated rings. The van der Waals surface area contributed by atoms with Gasteiger partial charge in [0, 0.05) is 29.1 Å². The number of carbonyl (C=O) groups excluding carboxylic acids is 3. The highest BCUT2D eigenvalue weighted by molar-refractivity contribution is 5.94. The first-order valence-corrected chi connectivity index (χ1v) is 9.92. The van der Waals surface area contributed by atoms with E-state index < -0.39 is 0 Å². The molecule has 0 aliphatic heterocycles. The molecule has 2 aromatic carbocycles. The van der Waals surface area contributed by atoms with Crippen LogP contribution >= 0.6 is 0 Å². The average molecular weight is 423 g/mol. The van der Waals surface area contributed by atoms with Gasteiger partial charge in [0.05, 0.1) is 20.1 Å². The van der Waals surface area contributed by atoms with Crippen molar-refractivity contribution in [1.82, 2.24) is 15.8 Å². The number of carbonyl (C=O) groups is 3. The maximum atomic E-state index is 12.1. The van der Waals surface area contributed by atoms with E-state index in [1.165, 1.54) is 14.0 Å². The molecule has 0 saturated carbocycles. The van der Waals surface area contributed by atoms with Crippen LogP contribution in [0.2, 0.25) is 0 Å². The van der Waals surface area contributed by atoms with Crippen LogP contribution in [-0.2, 0) is 16.0 Å². The van der Waals surface area contributed by atoms with Gasteiger partial charge in [0.1, 0.15) is 0 Å². The molecule has 0 atom stereocenters. The van der Waals surface area contributed by atoms with E-state index in [-0.39, 0.29) is 37.0 Å². The summed E-state index contributed by atoms with van der Waals surface area (Å²) in [4.78, 5) is 38.6. The van der Waals surface area contributed by atoms with Crippen molar-refractivity contribution in [3.63, 3.8) is 0 Å². The molecule has 0 aliphatic rings. The van der Waals surface area contributed by atoms with Crippen molar-refractivity contribution in [3.8, 4) is 11.5 Å². The van der Waals surface area contributed by atoms with Crippen molar-refractivity contribution < 1.29 is 23.9 Å². The number of nitrogens with one attached hydrogen (secondary N) is 3. The van der Waals surface area contributed by atoms with E-state index in [2.05, 4.69) is 15.8 Å². The van der Waals surface area contributed by atoms with Crippen LogP contribution in [0.5, 0.6) is 11.5 Å². The standard InChI is InChI=1S/C23H25N3O5/c1-15(27)16-9-10-20(21(12-16)30-2)31-11-5-8-22(28)25-26-23(29)13-17-14-24-19-7-4-3-6-18(17)19/h3-4,6-7,9-10,12,14,24H,5,8,11,13H2,1-2H3,(H,25,28)(H,26,29). The normalized spacial score (nSPS) is 10.5. The molecule has 3 rings (SSSR count). The molecule has 162 valence electrons. The molecule has 2 amide bonds. The summed E-state index contributed by atoms with van der Waals surface area (Å²) in [6, 6.07) is 12.7. The minimum absolute atomic E-state index is 0.0618. The molecule has 0 aliphatic carbocycles. The maximum absolute atomic E-state index is 12.1. The predicted molar refractivity (Wildman–Crippen MR) is 116 cm³/mol. The van der Waals surface area contributed by atoms with E-state index in [1.54, 1.807) is 24.4 Å². The Balaban J connectivity index is 1.38. The third-order valence-electron chi connectivity index (χ3n) is 4.74. The molecule has 1 heterocycles. The van der Waals surface area contributed by atoms with Crippen LogP contribution in [-0.4, -0.2) is 36.3 Å². The zero-order valence-electron chi connectivity index (χ0n) is 17.5. The topological polar surface area (TPSA) is 110 Å². The second-order valence-electron chi connectivity index (χ2n) is 7.01. The summed E-state index contributed by atoms with van der Waals surface area (Å²) in [6.45, 7) is 1.76. The van der Waals surface area contributed by atoms with Gasteiger partial charge in [-0.1, -0.05) is 18.2 Å². The molecule has 8 heteroatoms. The van der Waals surface area contributed by atoms with Crippen LogP contribution in [0.3, 0.4) is 0 Å². The summed E-state index contributed by atoms with van der Waals surface area (Å²) in [5.74, 6) is 0.286. The van der Waals surface area contributed by atoms with Gasteiger partial charge >= 0.3 is 0 Å². The molecule has 31 heavy (non-hydrogen) atoms. The molecule has 3 N–H and O–H groups in total. The number of amides is 2. The van der Waals surface area contributed by atoms with E-state index >= 15 is 0 Å². The molecule has 0 bridgehead atoms. The molecular formula is C23H25N3O5. The van der Waals surface area contributed by atoms with Gasteiger partial charge in [-0.05, 0) is 43.2 Å². The highest BCUT2D eigenvalue weighted by Gasteiger charge is 2.11. The number of aromatic amines is 1. The van der Waals surface area contributed by atoms with Gasteiger partial charge < -0.3 is 14.5 Å². The molecule has 0 spiro atoms. The van der Waals surface area contributed by atoms with Gasteiger partial charge in [0.15, 0.2) is 17.3 Å². The fourth-order valence-corrected chi connectivity index (χ4v) is 3.12. The number of ketones is 1. The number of hydrogen-bond donors (Lipinski definition) is 3. The molecule has 0 saturated heterocycles. The van der Waals surface area contributed by atoms with Crippen molar-refractivity contribution >= 4 is 28.5 Å². The SMILES string of the molecule is COc1cc(C(C)=O)ccc1OCCCC(=O)NNC(=O)Cc1c[nH]c2ccccc12. The largest absolute Gasteiger partial charge is 0.493 e. The summed E-state index contributed by atoms with van der Waals surface area (Å²) in [7, 11) is 1.50. The first-order chi connectivity index (χ1) is 15.0. The van der Waals surface area contributed by atoms with E-state index in [4.69, 9.17) is 9.47 Å². The van der Waals surface area contributed by atoms with Gasteiger partial charge in [-0.15, -0.1) is 0 Å². The van der Waals surface area contributed by atoms with Gasteiger partial charge in [0.2, 0.25) is 11.8 Å². The van der Waals surface area contributed by atoms with E-state index in [0.717, 1.165) is 16.5 Å². The Bertz CT molecular complexity index is 1090. The smallest absolute Gasteiger partial charge is 0.242 e. The summed E-state index contributed by atoms with van der Waals surface area (Å²) in [5, 5.41) is 0.980. The van der Waals surface area contributed by atoms with Gasteiger partial charge in [0.25, 0.3) is 0 Å². The lowest BCUT2D eigenvalue weighted by Gasteiger charge is -2.11. The Morgan fingerprint density at radius 3 is 2.55 bits per heavy atom. The van der Waals surface area contributed by atoms with Crippen molar-refractivity contribution in [3.05, 3.63) is 59.8 Å². The lowest BCUT2D eigenvalue weighted by molar-refractivity contribution is -0.128. The summed E-state index contributed by atoms with van der Waals surface area (Å²) in [6.07, 6.45) is 2.58. The third kappa shape index (κ3) is 5.85. The van der Waals surface area contributed by atoms with Crippen molar-refractivity contribution in [2.24, 2.45) is 0 Å². The quantitative estimate of drug-likeness (QED) is 0.279. The number of para-hydroxylation sites is 1. The van der Waals surface area contributed by atoms with Gasteiger partial charge in [-0.3, -0.25) is 25.2 Å². The lowest BCUT2D eigenvalue weighted by Crippen LogP contribution is -2.42. The Kier molecular flexibility index (Phi) is 7.26. The van der Waals surface area contributed by atoms with Crippen LogP contribution in [0, 0.1) is 0 Å². The fraction of sp³-hybridized carbons (Fsp3) is 0.261. The van der Waals surface area contributed by atoms with Crippen LogP contribution in [0.25, 0.3) is 10.9 Å². The minimum Gasteiger partial charge on any atom is -0.493 e. The monoisotopic (exact) mass is 423 g/mol. The average Bonchev–Trinajstić information content (AvgIpc) is 3.18. The highest BCUT2D eigenvalue weighted by atomic mass is 16.5. The molecule has 1 aromatic heterocycles. The summed E-state index contributed by atoms with van der Waals surface area (Å²) in [5.41, 5.74) is 7.21. The second kappa shape index (κ2) is 10.3. The number of hydrazine groups is 1. The number of H-pyrrole nitrogens is 1. The molecule has 3 aromatic rings. The number of hydrogen-bond acceptors (Lipinski definition) is 5. The van der Waals surface area contributed by atoms with E-state index in [9.17, 15) is 14.4 Å². The van der Waals surface area contributed by atoms with Crippen LogP contribution in [0.15, 0.2) is 48.7 Å². The van der Waals surface area contributed by atoms with Crippen molar-refractivity contribution in [2.45, 2.75) is 26.2 Å². The Hall–Kier alpha value is -3.81. The van der Waals surface area contributed by atoms with Crippen LogP contribution < -0.4 is 20.3 Å². The van der Waals surface area contributed by atoms with Gasteiger partial charge in [-0.2, -0.15) is 0 Å². The van der Waals surface area contributed by atoms with Crippen LogP contribution in [0.1, 0.15) is 35.7 Å².